The molecule has 100 valence electrons. The van der Waals surface area contributed by atoms with Gasteiger partial charge in [-0.2, -0.15) is 0 Å². The molecule has 0 spiro atoms. The molecular formula is C14H20ClNO2. The topological polar surface area (TPSA) is 49.3 Å². The van der Waals surface area contributed by atoms with E-state index in [4.69, 9.17) is 11.6 Å². The quantitative estimate of drug-likeness (QED) is 0.798. The number of benzene rings is 1. The Bertz CT molecular complexity index is 385. The number of carboxylic acid groups (broad SMARTS) is 1. The molecule has 0 saturated carbocycles. The Kier molecular flexibility index (Phi) is 5.63. The van der Waals surface area contributed by atoms with E-state index in [9.17, 15) is 9.90 Å². The van der Waals surface area contributed by atoms with Crippen molar-refractivity contribution >= 4 is 17.6 Å². The number of hydrogen-bond donors (Lipinski definition) is 2. The van der Waals surface area contributed by atoms with E-state index < -0.39 is 11.4 Å². The molecule has 0 fully saturated rings. The van der Waals surface area contributed by atoms with Gasteiger partial charge in [0, 0.05) is 18.1 Å². The molecule has 0 heterocycles. The average Bonchev–Trinajstić information content (AvgIpc) is 2.37. The summed E-state index contributed by atoms with van der Waals surface area (Å²) in [5.41, 5.74) is 0.442. The highest BCUT2D eigenvalue weighted by atomic mass is 35.5. The minimum atomic E-state index is -0.726. The van der Waals surface area contributed by atoms with E-state index in [-0.39, 0.29) is 0 Å². The number of hydrogen-bond acceptors (Lipinski definition) is 2. The first kappa shape index (κ1) is 15.0. The van der Waals surface area contributed by atoms with Crippen molar-refractivity contribution in [2.45, 2.75) is 33.2 Å². The second kappa shape index (κ2) is 6.76. The number of rotatable bonds is 7. The van der Waals surface area contributed by atoms with E-state index in [1.54, 1.807) is 0 Å². The van der Waals surface area contributed by atoms with Crippen LogP contribution in [0.25, 0.3) is 0 Å². The third-order valence-electron chi connectivity index (χ3n) is 3.51. The SMILES string of the molecule is CCC(CC)(CNCc1ccc(Cl)cc1)C(=O)O. The van der Waals surface area contributed by atoms with Crippen molar-refractivity contribution in [2.24, 2.45) is 5.41 Å². The summed E-state index contributed by atoms with van der Waals surface area (Å²) in [7, 11) is 0. The first-order valence-electron chi connectivity index (χ1n) is 6.22. The minimum absolute atomic E-state index is 0.484. The fraction of sp³-hybridized carbons (Fsp3) is 0.500. The van der Waals surface area contributed by atoms with Crippen LogP contribution < -0.4 is 5.32 Å². The molecule has 3 nitrogen and oxygen atoms in total. The Hall–Kier alpha value is -1.06. The van der Waals surface area contributed by atoms with Crippen LogP contribution in [0, 0.1) is 5.41 Å². The van der Waals surface area contributed by atoms with Gasteiger partial charge in [0.25, 0.3) is 0 Å². The zero-order chi connectivity index (χ0) is 13.6. The molecule has 1 aromatic carbocycles. The van der Waals surface area contributed by atoms with E-state index in [2.05, 4.69) is 5.32 Å². The van der Waals surface area contributed by atoms with Gasteiger partial charge in [-0.15, -0.1) is 0 Å². The maximum atomic E-state index is 11.3. The predicted molar refractivity (Wildman–Crippen MR) is 73.8 cm³/mol. The van der Waals surface area contributed by atoms with Crippen molar-refractivity contribution in [1.82, 2.24) is 5.32 Å². The van der Waals surface area contributed by atoms with Crippen LogP contribution in [0.3, 0.4) is 0 Å². The van der Waals surface area contributed by atoms with Crippen molar-refractivity contribution in [1.29, 1.82) is 0 Å². The highest BCUT2D eigenvalue weighted by Gasteiger charge is 2.34. The normalized spacial score (nSPS) is 11.5. The van der Waals surface area contributed by atoms with Gasteiger partial charge in [-0.25, -0.2) is 0 Å². The molecule has 0 aliphatic rings. The molecule has 0 radical (unpaired) electrons. The van der Waals surface area contributed by atoms with Gasteiger partial charge >= 0.3 is 5.97 Å². The maximum Gasteiger partial charge on any atom is 0.310 e. The predicted octanol–water partition coefficient (Wildman–Crippen LogP) is 3.32. The lowest BCUT2D eigenvalue weighted by atomic mass is 9.82. The lowest BCUT2D eigenvalue weighted by Crippen LogP contribution is -2.39. The van der Waals surface area contributed by atoms with Crippen LogP contribution in [-0.4, -0.2) is 17.6 Å². The molecule has 0 saturated heterocycles. The van der Waals surface area contributed by atoms with Gasteiger partial charge in [0.1, 0.15) is 0 Å². The van der Waals surface area contributed by atoms with Gasteiger partial charge in [-0.3, -0.25) is 4.79 Å². The van der Waals surface area contributed by atoms with Gasteiger partial charge < -0.3 is 10.4 Å². The molecule has 1 aromatic rings. The second-order valence-electron chi connectivity index (χ2n) is 4.52. The first-order chi connectivity index (χ1) is 8.54. The monoisotopic (exact) mass is 269 g/mol. The van der Waals surface area contributed by atoms with Crippen LogP contribution >= 0.6 is 11.6 Å². The summed E-state index contributed by atoms with van der Waals surface area (Å²) in [6.45, 7) is 4.98. The molecule has 1 rings (SSSR count). The molecule has 4 heteroatoms. The molecule has 0 aliphatic heterocycles. The Morgan fingerprint density at radius 1 is 1.28 bits per heavy atom. The van der Waals surface area contributed by atoms with Crippen molar-refractivity contribution < 1.29 is 9.90 Å². The van der Waals surface area contributed by atoms with Gasteiger partial charge in [0.2, 0.25) is 0 Å². The standard InChI is InChI=1S/C14H20ClNO2/c1-3-14(4-2,13(17)18)10-16-9-11-5-7-12(15)8-6-11/h5-8,16H,3-4,9-10H2,1-2H3,(H,17,18). The molecular weight excluding hydrogens is 250 g/mol. The third kappa shape index (κ3) is 3.72. The molecule has 0 amide bonds. The summed E-state index contributed by atoms with van der Waals surface area (Å²) in [5, 5.41) is 13.2. The zero-order valence-corrected chi connectivity index (χ0v) is 11.6. The van der Waals surface area contributed by atoms with Gasteiger partial charge in [0.05, 0.1) is 5.41 Å². The molecule has 0 aliphatic carbocycles. The molecule has 18 heavy (non-hydrogen) atoms. The molecule has 2 N–H and O–H groups in total. The average molecular weight is 270 g/mol. The van der Waals surface area contributed by atoms with Gasteiger partial charge in [-0.1, -0.05) is 37.6 Å². The van der Waals surface area contributed by atoms with Crippen LogP contribution in [0.15, 0.2) is 24.3 Å². The van der Waals surface area contributed by atoms with E-state index >= 15 is 0 Å². The van der Waals surface area contributed by atoms with Crippen molar-refractivity contribution in [2.75, 3.05) is 6.54 Å². The largest absolute Gasteiger partial charge is 0.481 e. The van der Waals surface area contributed by atoms with Crippen LogP contribution in [-0.2, 0) is 11.3 Å². The second-order valence-corrected chi connectivity index (χ2v) is 4.96. The highest BCUT2D eigenvalue weighted by molar-refractivity contribution is 6.30. The Morgan fingerprint density at radius 2 is 1.83 bits per heavy atom. The Labute approximate surface area is 113 Å². The fourth-order valence-electron chi connectivity index (χ4n) is 1.93. The number of carbonyl (C=O) groups is 1. The first-order valence-corrected chi connectivity index (χ1v) is 6.60. The summed E-state index contributed by atoms with van der Waals surface area (Å²) in [6.07, 6.45) is 1.26. The smallest absolute Gasteiger partial charge is 0.310 e. The summed E-state index contributed by atoms with van der Waals surface area (Å²) >= 11 is 5.81. The van der Waals surface area contributed by atoms with Crippen LogP contribution in [0.4, 0.5) is 0 Å². The Balaban J connectivity index is 2.54. The lowest BCUT2D eigenvalue weighted by Gasteiger charge is -2.27. The van der Waals surface area contributed by atoms with E-state index in [1.807, 2.05) is 38.1 Å². The van der Waals surface area contributed by atoms with Crippen LogP contribution in [0.2, 0.25) is 5.02 Å². The van der Waals surface area contributed by atoms with E-state index in [1.165, 1.54) is 0 Å². The highest BCUT2D eigenvalue weighted by Crippen LogP contribution is 2.25. The van der Waals surface area contributed by atoms with E-state index in [0.717, 1.165) is 5.56 Å². The van der Waals surface area contributed by atoms with Crippen molar-refractivity contribution in [3.63, 3.8) is 0 Å². The number of halogens is 1. The lowest BCUT2D eigenvalue weighted by molar-refractivity contribution is -0.149. The van der Waals surface area contributed by atoms with Crippen LogP contribution in [0.1, 0.15) is 32.3 Å². The molecule has 0 atom stereocenters. The summed E-state index contributed by atoms with van der Waals surface area (Å²) < 4.78 is 0. The van der Waals surface area contributed by atoms with Crippen LogP contribution in [0.5, 0.6) is 0 Å². The van der Waals surface area contributed by atoms with Gasteiger partial charge in [0.15, 0.2) is 0 Å². The van der Waals surface area contributed by atoms with Crippen molar-refractivity contribution in [3.8, 4) is 0 Å². The molecule has 0 bridgehead atoms. The van der Waals surface area contributed by atoms with Gasteiger partial charge in [-0.05, 0) is 30.5 Å². The number of aliphatic carboxylic acids is 1. The number of carboxylic acids is 1. The fourth-order valence-corrected chi connectivity index (χ4v) is 2.05. The number of nitrogens with one attached hydrogen (secondary N) is 1. The maximum absolute atomic E-state index is 11.3. The minimum Gasteiger partial charge on any atom is -0.481 e. The summed E-state index contributed by atoms with van der Waals surface area (Å²) in [4.78, 5) is 11.3. The third-order valence-corrected chi connectivity index (χ3v) is 3.76. The Morgan fingerprint density at radius 3 is 2.28 bits per heavy atom. The zero-order valence-electron chi connectivity index (χ0n) is 10.9. The summed E-state index contributed by atoms with van der Waals surface area (Å²) in [5.74, 6) is -0.726. The summed E-state index contributed by atoms with van der Waals surface area (Å²) in [6, 6.07) is 7.55. The molecule has 0 aromatic heterocycles. The molecule has 0 unspecified atom stereocenters. The van der Waals surface area contributed by atoms with E-state index in [0.29, 0.717) is 31.0 Å². The van der Waals surface area contributed by atoms with Crippen molar-refractivity contribution in [3.05, 3.63) is 34.9 Å².